The van der Waals surface area contributed by atoms with Crippen LogP contribution in [0.25, 0.3) is 11.3 Å². The van der Waals surface area contributed by atoms with Crippen LogP contribution in [0.2, 0.25) is 5.02 Å². The van der Waals surface area contributed by atoms with Gasteiger partial charge in [-0.15, -0.1) is 0 Å². The minimum atomic E-state index is -0.263. The molecule has 4 rings (SSSR count). The number of halogens is 1. The van der Waals surface area contributed by atoms with Crippen molar-refractivity contribution in [1.29, 1.82) is 0 Å². The van der Waals surface area contributed by atoms with E-state index in [0.717, 1.165) is 24.3 Å². The van der Waals surface area contributed by atoms with Crippen molar-refractivity contribution < 1.29 is 9.21 Å². The van der Waals surface area contributed by atoms with Crippen LogP contribution in [0.15, 0.2) is 65.1 Å². The molecule has 1 aliphatic heterocycles. The quantitative estimate of drug-likeness (QED) is 0.618. The third-order valence-electron chi connectivity index (χ3n) is 4.80. The summed E-state index contributed by atoms with van der Waals surface area (Å²) in [4.78, 5) is 14.9. The fraction of sp³-hybridized carbons (Fsp3) is 0.227. The van der Waals surface area contributed by atoms with Gasteiger partial charge in [-0.1, -0.05) is 11.6 Å². The molecule has 0 atom stereocenters. The third kappa shape index (κ3) is 4.17. The average Bonchev–Trinajstić information content (AvgIpc) is 3.20. The van der Waals surface area contributed by atoms with E-state index in [1.165, 1.54) is 24.9 Å². The minimum absolute atomic E-state index is 0.263. The topological polar surface area (TPSA) is 45.5 Å². The highest BCUT2D eigenvalue weighted by atomic mass is 35.5. The first-order valence-corrected chi connectivity index (χ1v) is 9.59. The molecule has 0 bridgehead atoms. The lowest BCUT2D eigenvalue weighted by molar-refractivity contribution is 0.0997. The summed E-state index contributed by atoms with van der Waals surface area (Å²) in [6.45, 7) is 2.21. The summed E-state index contributed by atoms with van der Waals surface area (Å²) in [5.41, 5.74) is 2.84. The van der Waals surface area contributed by atoms with E-state index in [1.807, 2.05) is 24.3 Å². The molecule has 0 saturated carbocycles. The molecule has 1 aliphatic rings. The fourth-order valence-corrected chi connectivity index (χ4v) is 3.46. The van der Waals surface area contributed by atoms with Crippen LogP contribution in [0, 0.1) is 0 Å². The number of nitrogens with one attached hydrogen (secondary N) is 1. The number of piperidine rings is 1. The van der Waals surface area contributed by atoms with Gasteiger partial charge in [0.1, 0.15) is 5.76 Å². The lowest BCUT2D eigenvalue weighted by Gasteiger charge is -2.28. The van der Waals surface area contributed by atoms with Crippen LogP contribution >= 0.6 is 11.6 Å². The molecule has 1 N–H and O–H groups in total. The molecule has 0 radical (unpaired) electrons. The Balaban J connectivity index is 1.42. The molecule has 1 aromatic heterocycles. The van der Waals surface area contributed by atoms with Gasteiger partial charge in [-0.25, -0.2) is 0 Å². The largest absolute Gasteiger partial charge is 0.451 e. The van der Waals surface area contributed by atoms with Crippen LogP contribution in [-0.2, 0) is 0 Å². The number of nitrogens with zero attached hydrogens (tertiary/aromatic N) is 1. The van der Waals surface area contributed by atoms with E-state index >= 15 is 0 Å². The number of carbonyl (C=O) groups is 1. The first-order valence-electron chi connectivity index (χ1n) is 9.21. The molecule has 138 valence electrons. The van der Waals surface area contributed by atoms with Gasteiger partial charge in [0.25, 0.3) is 5.91 Å². The predicted molar refractivity (Wildman–Crippen MR) is 110 cm³/mol. The SMILES string of the molecule is O=C(Nc1ccc(N2CCCCC2)cc1)c1ccc(-c2ccc(Cl)cc2)o1. The molecule has 4 nitrogen and oxygen atoms in total. The van der Waals surface area contributed by atoms with Crippen molar-refractivity contribution in [3.63, 3.8) is 0 Å². The zero-order chi connectivity index (χ0) is 18.6. The number of hydrogen-bond donors (Lipinski definition) is 1. The van der Waals surface area contributed by atoms with Gasteiger partial charge in [-0.3, -0.25) is 4.79 Å². The zero-order valence-electron chi connectivity index (χ0n) is 15.0. The summed E-state index contributed by atoms with van der Waals surface area (Å²) in [6.07, 6.45) is 3.80. The molecule has 2 aromatic carbocycles. The fourth-order valence-electron chi connectivity index (χ4n) is 3.33. The van der Waals surface area contributed by atoms with Crippen molar-refractivity contribution in [1.82, 2.24) is 0 Å². The molecular weight excluding hydrogens is 360 g/mol. The van der Waals surface area contributed by atoms with Crippen molar-refractivity contribution in [3.8, 4) is 11.3 Å². The molecule has 1 saturated heterocycles. The summed E-state index contributed by atoms with van der Waals surface area (Å²) in [5, 5.41) is 3.55. The second-order valence-corrected chi connectivity index (χ2v) is 7.16. The molecule has 5 heteroatoms. The van der Waals surface area contributed by atoms with Crippen LogP contribution in [0.3, 0.4) is 0 Å². The molecule has 27 heavy (non-hydrogen) atoms. The number of rotatable bonds is 4. The van der Waals surface area contributed by atoms with E-state index in [2.05, 4.69) is 22.3 Å². The van der Waals surface area contributed by atoms with E-state index < -0.39 is 0 Å². The Bertz CT molecular complexity index is 910. The monoisotopic (exact) mass is 380 g/mol. The van der Waals surface area contributed by atoms with Crippen LogP contribution in [-0.4, -0.2) is 19.0 Å². The van der Waals surface area contributed by atoms with Crippen molar-refractivity contribution in [2.45, 2.75) is 19.3 Å². The van der Waals surface area contributed by atoms with Gasteiger partial charge in [-0.2, -0.15) is 0 Å². The number of carbonyl (C=O) groups excluding carboxylic acids is 1. The van der Waals surface area contributed by atoms with Gasteiger partial charge in [0.15, 0.2) is 5.76 Å². The van der Waals surface area contributed by atoms with Gasteiger partial charge in [-0.05, 0) is 79.9 Å². The smallest absolute Gasteiger partial charge is 0.291 e. The highest BCUT2D eigenvalue weighted by Gasteiger charge is 2.14. The van der Waals surface area contributed by atoms with Gasteiger partial charge in [0.2, 0.25) is 0 Å². The molecule has 0 spiro atoms. The Morgan fingerprint density at radius 3 is 2.30 bits per heavy atom. The maximum absolute atomic E-state index is 12.5. The molecule has 0 aliphatic carbocycles. The van der Waals surface area contributed by atoms with Crippen LogP contribution < -0.4 is 10.2 Å². The summed E-state index contributed by atoms with van der Waals surface area (Å²) >= 11 is 5.91. The first-order chi connectivity index (χ1) is 13.2. The highest BCUT2D eigenvalue weighted by molar-refractivity contribution is 6.30. The highest BCUT2D eigenvalue weighted by Crippen LogP contribution is 2.25. The van der Waals surface area contributed by atoms with E-state index in [9.17, 15) is 4.79 Å². The standard InChI is InChI=1S/C22H21ClN2O2/c23-17-6-4-16(5-7-17)20-12-13-21(27-20)22(26)24-18-8-10-19(11-9-18)25-14-2-1-3-15-25/h4-13H,1-3,14-15H2,(H,24,26). The normalized spacial score (nSPS) is 14.2. The van der Waals surface area contributed by atoms with Crippen molar-refractivity contribution >= 4 is 28.9 Å². The third-order valence-corrected chi connectivity index (χ3v) is 5.06. The van der Waals surface area contributed by atoms with Crippen LogP contribution in [0.1, 0.15) is 29.8 Å². The van der Waals surface area contributed by atoms with Gasteiger partial charge in [0, 0.05) is 35.1 Å². The predicted octanol–water partition coefficient (Wildman–Crippen LogP) is 5.84. The summed E-state index contributed by atoms with van der Waals surface area (Å²) in [7, 11) is 0. The average molecular weight is 381 g/mol. The van der Waals surface area contributed by atoms with Crippen molar-refractivity contribution in [2.75, 3.05) is 23.3 Å². The van der Waals surface area contributed by atoms with E-state index in [4.69, 9.17) is 16.0 Å². The van der Waals surface area contributed by atoms with Crippen molar-refractivity contribution in [2.24, 2.45) is 0 Å². The van der Waals surface area contributed by atoms with E-state index in [0.29, 0.717) is 10.8 Å². The summed E-state index contributed by atoms with van der Waals surface area (Å²) < 4.78 is 5.70. The van der Waals surface area contributed by atoms with Gasteiger partial charge >= 0.3 is 0 Å². The van der Waals surface area contributed by atoms with Crippen molar-refractivity contribution in [3.05, 3.63) is 71.4 Å². The number of anilines is 2. The molecule has 1 amide bonds. The van der Waals surface area contributed by atoms with Crippen LogP contribution in [0.5, 0.6) is 0 Å². The Morgan fingerprint density at radius 2 is 1.59 bits per heavy atom. The number of benzene rings is 2. The second kappa shape index (κ2) is 7.89. The van der Waals surface area contributed by atoms with Crippen LogP contribution in [0.4, 0.5) is 11.4 Å². The number of amides is 1. The Kier molecular flexibility index (Phi) is 5.16. The lowest BCUT2D eigenvalue weighted by Crippen LogP contribution is -2.29. The van der Waals surface area contributed by atoms with E-state index in [1.54, 1.807) is 24.3 Å². The zero-order valence-corrected chi connectivity index (χ0v) is 15.7. The molecule has 3 aromatic rings. The molecule has 1 fully saturated rings. The number of hydrogen-bond acceptors (Lipinski definition) is 3. The Labute approximate surface area is 163 Å². The summed E-state index contributed by atoms with van der Waals surface area (Å²) in [5.74, 6) is 0.651. The molecular formula is C22H21ClN2O2. The van der Waals surface area contributed by atoms with Gasteiger partial charge < -0.3 is 14.6 Å². The Morgan fingerprint density at radius 1 is 0.889 bits per heavy atom. The van der Waals surface area contributed by atoms with Gasteiger partial charge in [0.05, 0.1) is 0 Å². The summed E-state index contributed by atoms with van der Waals surface area (Å²) in [6, 6.07) is 18.8. The Hall–Kier alpha value is -2.72. The second-order valence-electron chi connectivity index (χ2n) is 6.72. The van der Waals surface area contributed by atoms with E-state index in [-0.39, 0.29) is 11.7 Å². The first kappa shape index (κ1) is 17.7. The molecule has 0 unspecified atom stereocenters. The molecule has 2 heterocycles. The minimum Gasteiger partial charge on any atom is -0.451 e. The maximum atomic E-state index is 12.5. The lowest BCUT2D eigenvalue weighted by atomic mass is 10.1. The maximum Gasteiger partial charge on any atom is 0.291 e. The number of furan rings is 1.